The lowest BCUT2D eigenvalue weighted by Gasteiger charge is -2.18. The summed E-state index contributed by atoms with van der Waals surface area (Å²) in [5.41, 5.74) is -4.18. The van der Waals surface area contributed by atoms with Gasteiger partial charge in [-0.2, -0.15) is 13.2 Å². The van der Waals surface area contributed by atoms with Gasteiger partial charge in [-0.05, 0) is 5.56 Å². The van der Waals surface area contributed by atoms with Crippen LogP contribution in [0.2, 0.25) is 0 Å². The summed E-state index contributed by atoms with van der Waals surface area (Å²) in [6.45, 7) is 0.946. The van der Waals surface area contributed by atoms with Gasteiger partial charge in [-0.1, -0.05) is 30.3 Å². The lowest BCUT2D eigenvalue weighted by Crippen LogP contribution is -2.23. The number of alkyl halides is 3. The van der Waals surface area contributed by atoms with Gasteiger partial charge in [0.05, 0.1) is 0 Å². The largest absolute Gasteiger partial charge is 0.450 e. The van der Waals surface area contributed by atoms with E-state index in [-0.39, 0.29) is 5.56 Å². The van der Waals surface area contributed by atoms with Crippen molar-refractivity contribution in [1.29, 1.82) is 0 Å². The Kier molecular flexibility index (Phi) is 6.10. The summed E-state index contributed by atoms with van der Waals surface area (Å²) in [6, 6.07) is 7.15. The molecule has 150 valence electrons. The first-order valence-electron chi connectivity index (χ1n) is 7.62. The molecule has 3 nitrogen and oxygen atoms in total. The number of carbonyl (C=O) groups is 2. The Morgan fingerprint density at radius 2 is 1.43 bits per heavy atom. The molecule has 0 aliphatic rings. The van der Waals surface area contributed by atoms with E-state index in [4.69, 9.17) is 4.74 Å². The van der Waals surface area contributed by atoms with Crippen molar-refractivity contribution in [3.05, 3.63) is 70.3 Å². The quantitative estimate of drug-likeness (QED) is 0.410. The van der Waals surface area contributed by atoms with Crippen molar-refractivity contribution in [3.63, 3.8) is 0 Å². The Morgan fingerprint density at radius 3 is 1.86 bits per heavy atom. The third kappa shape index (κ3) is 4.32. The Labute approximate surface area is 153 Å². The highest BCUT2D eigenvalue weighted by molar-refractivity contribution is 5.88. The zero-order valence-corrected chi connectivity index (χ0v) is 14.0. The summed E-state index contributed by atoms with van der Waals surface area (Å²) in [5, 5.41) is 0. The summed E-state index contributed by atoms with van der Waals surface area (Å²) in [5.74, 6) is -12.2. The number of benzene rings is 2. The molecule has 0 aliphatic carbocycles. The molecular weight excluding hydrogens is 397 g/mol. The Hall–Kier alpha value is -2.91. The lowest BCUT2D eigenvalue weighted by molar-refractivity contribution is -0.153. The van der Waals surface area contributed by atoms with Crippen molar-refractivity contribution in [2.45, 2.75) is 25.6 Å². The van der Waals surface area contributed by atoms with E-state index < -0.39 is 64.8 Å². The molecule has 0 spiro atoms. The number of rotatable bonds is 5. The number of ether oxygens (including phenoxy) is 1. The smallest absolute Gasteiger partial charge is 0.422 e. The summed E-state index contributed by atoms with van der Waals surface area (Å²) in [6.07, 6.45) is -8.72. The minimum Gasteiger partial charge on any atom is -0.450 e. The molecule has 28 heavy (non-hydrogen) atoms. The number of carbonyl (C=O) groups excluding carboxylic acids is 2. The molecule has 0 heterocycles. The fraction of sp³-hybridized carbons (Fsp3) is 0.222. The Balaban J connectivity index is 2.49. The predicted octanol–water partition coefficient (Wildman–Crippen LogP) is 4.68. The Bertz CT molecular complexity index is 879. The first-order chi connectivity index (χ1) is 12.9. The number of hydrogen-bond donors (Lipinski definition) is 0. The highest BCUT2D eigenvalue weighted by Gasteiger charge is 2.42. The van der Waals surface area contributed by atoms with E-state index in [0.29, 0.717) is 0 Å². The highest BCUT2D eigenvalue weighted by atomic mass is 19.4. The molecule has 0 amide bonds. The van der Waals surface area contributed by atoms with E-state index in [1.165, 1.54) is 24.3 Å². The second kappa shape index (κ2) is 7.99. The zero-order chi connectivity index (χ0) is 21.2. The normalized spacial score (nSPS) is 12.6. The molecule has 10 heteroatoms. The van der Waals surface area contributed by atoms with Crippen molar-refractivity contribution in [3.8, 4) is 0 Å². The van der Waals surface area contributed by atoms with Gasteiger partial charge in [0.2, 0.25) is 0 Å². The molecule has 0 fully saturated rings. The van der Waals surface area contributed by atoms with Crippen LogP contribution >= 0.6 is 0 Å². The van der Waals surface area contributed by atoms with E-state index in [0.717, 1.165) is 6.92 Å². The fourth-order valence-electron chi connectivity index (χ4n) is 2.46. The van der Waals surface area contributed by atoms with Crippen molar-refractivity contribution in [2.24, 2.45) is 0 Å². The van der Waals surface area contributed by atoms with E-state index in [9.17, 15) is 40.3 Å². The van der Waals surface area contributed by atoms with Crippen LogP contribution in [0.5, 0.6) is 0 Å². The molecule has 2 aromatic carbocycles. The van der Waals surface area contributed by atoms with Gasteiger partial charge in [0, 0.05) is 18.9 Å². The molecule has 2 rings (SSSR count). The Morgan fingerprint density at radius 1 is 0.929 bits per heavy atom. The minimum atomic E-state index is -5.69. The number of Topliss-reactive ketones (excluding diaryl/α,β-unsaturated/α-hetero) is 1. The monoisotopic (exact) mass is 408 g/mol. The maximum absolute atomic E-state index is 14.0. The van der Waals surface area contributed by atoms with Crippen LogP contribution in [-0.4, -0.2) is 11.8 Å². The third-order valence-electron chi connectivity index (χ3n) is 3.67. The van der Waals surface area contributed by atoms with Gasteiger partial charge in [0.25, 0.3) is 0 Å². The fourth-order valence-corrected chi connectivity index (χ4v) is 2.46. The average Bonchev–Trinajstić information content (AvgIpc) is 2.61. The summed E-state index contributed by atoms with van der Waals surface area (Å²) in [7, 11) is 0. The van der Waals surface area contributed by atoms with Crippen LogP contribution < -0.4 is 0 Å². The topological polar surface area (TPSA) is 43.4 Å². The predicted molar refractivity (Wildman–Crippen MR) is 80.9 cm³/mol. The van der Waals surface area contributed by atoms with Gasteiger partial charge in [0.15, 0.2) is 35.2 Å². The second-order valence-electron chi connectivity index (χ2n) is 5.65. The first-order valence-corrected chi connectivity index (χ1v) is 7.62. The molecule has 0 aromatic heterocycles. The van der Waals surface area contributed by atoms with Crippen LogP contribution in [0.3, 0.4) is 0 Å². The van der Waals surface area contributed by atoms with Crippen LogP contribution in [0.25, 0.3) is 0 Å². The standard InChI is InChI=1S/C18H11F7O3/c1-8(26)28-17(9-5-3-2-4-6-9)11(27)7-10-13(19)15(21)12(18(23,24)25)16(22)14(10)20/h2-6,17H,7H2,1H3. The van der Waals surface area contributed by atoms with Crippen LogP contribution in [-0.2, 0) is 26.9 Å². The number of esters is 1. The van der Waals surface area contributed by atoms with Gasteiger partial charge in [-0.3, -0.25) is 9.59 Å². The van der Waals surface area contributed by atoms with Crippen LogP contribution in [0.4, 0.5) is 30.7 Å². The SMILES string of the molecule is CC(=O)OC(C(=O)Cc1c(F)c(F)c(C(F)(F)F)c(F)c1F)c1ccccc1. The van der Waals surface area contributed by atoms with E-state index in [1.54, 1.807) is 6.07 Å². The van der Waals surface area contributed by atoms with Crippen LogP contribution in [0.15, 0.2) is 30.3 Å². The van der Waals surface area contributed by atoms with Crippen molar-refractivity contribution in [2.75, 3.05) is 0 Å². The van der Waals surface area contributed by atoms with Gasteiger partial charge in [-0.15, -0.1) is 0 Å². The van der Waals surface area contributed by atoms with E-state index in [1.807, 2.05) is 0 Å². The first kappa shape index (κ1) is 21.4. The third-order valence-corrected chi connectivity index (χ3v) is 3.67. The molecule has 0 saturated heterocycles. The summed E-state index contributed by atoms with van der Waals surface area (Å²) in [4.78, 5) is 23.6. The van der Waals surface area contributed by atoms with Gasteiger partial charge < -0.3 is 4.74 Å². The van der Waals surface area contributed by atoms with Crippen molar-refractivity contribution < 1.29 is 45.1 Å². The van der Waals surface area contributed by atoms with Gasteiger partial charge in [0.1, 0.15) is 5.56 Å². The number of ketones is 1. The second-order valence-corrected chi connectivity index (χ2v) is 5.65. The number of halogens is 7. The minimum absolute atomic E-state index is 0.0939. The van der Waals surface area contributed by atoms with Crippen molar-refractivity contribution >= 4 is 11.8 Å². The van der Waals surface area contributed by atoms with Crippen molar-refractivity contribution in [1.82, 2.24) is 0 Å². The molecule has 1 unspecified atom stereocenters. The zero-order valence-electron chi connectivity index (χ0n) is 14.0. The lowest BCUT2D eigenvalue weighted by atomic mass is 9.97. The molecule has 0 aliphatic heterocycles. The summed E-state index contributed by atoms with van der Waals surface area (Å²) < 4.78 is 98.0. The molecule has 0 bridgehead atoms. The molecule has 0 radical (unpaired) electrons. The number of hydrogen-bond acceptors (Lipinski definition) is 3. The molecule has 0 saturated carbocycles. The molecule has 1 atom stereocenters. The summed E-state index contributed by atoms with van der Waals surface area (Å²) >= 11 is 0. The van der Waals surface area contributed by atoms with E-state index in [2.05, 4.69) is 0 Å². The van der Waals surface area contributed by atoms with Gasteiger partial charge in [-0.25, -0.2) is 17.6 Å². The van der Waals surface area contributed by atoms with Gasteiger partial charge >= 0.3 is 12.1 Å². The van der Waals surface area contributed by atoms with E-state index >= 15 is 0 Å². The molecule has 0 N–H and O–H groups in total. The highest BCUT2D eigenvalue weighted by Crippen LogP contribution is 2.37. The molecule has 2 aromatic rings. The maximum atomic E-state index is 14.0. The van der Waals surface area contributed by atoms with Crippen LogP contribution in [0.1, 0.15) is 29.7 Å². The maximum Gasteiger partial charge on any atom is 0.422 e. The van der Waals surface area contributed by atoms with Crippen LogP contribution in [0, 0.1) is 23.3 Å². The molecular formula is C18H11F7O3. The average molecular weight is 408 g/mol.